The van der Waals surface area contributed by atoms with Crippen LogP contribution in [0.25, 0.3) is 11.5 Å². The lowest BCUT2D eigenvalue weighted by Gasteiger charge is -2.11. The van der Waals surface area contributed by atoms with E-state index in [0.717, 1.165) is 4.88 Å². The molecule has 3 rings (SSSR count). The van der Waals surface area contributed by atoms with Crippen molar-refractivity contribution in [2.24, 2.45) is 0 Å². The average Bonchev–Trinajstić information content (AvgIpc) is 3.32. The number of carbonyl (C=O) groups excluding carboxylic acids is 2. The quantitative estimate of drug-likeness (QED) is 0.698. The van der Waals surface area contributed by atoms with Gasteiger partial charge in [0.1, 0.15) is 18.0 Å². The molecule has 1 N–H and O–H groups in total. The molecular formula is C17H16N2O4S. The number of methoxy groups -OCH3 is 1. The number of nitrogens with zero attached hydrogens (tertiary/aromatic N) is 1. The summed E-state index contributed by atoms with van der Waals surface area (Å²) < 4.78 is 11.8. The second kappa shape index (κ2) is 7.18. The molecule has 0 aliphatic carbocycles. The molecule has 0 aliphatic rings. The molecule has 7 heteroatoms. The van der Waals surface area contributed by atoms with Crippen LogP contribution in [0.3, 0.4) is 0 Å². The summed E-state index contributed by atoms with van der Waals surface area (Å²) in [6.45, 7) is 0.459. The molecule has 0 bridgehead atoms. The van der Waals surface area contributed by atoms with Gasteiger partial charge in [-0.1, -0.05) is 6.07 Å². The van der Waals surface area contributed by atoms with E-state index >= 15 is 0 Å². The van der Waals surface area contributed by atoms with Gasteiger partial charge in [0, 0.05) is 4.88 Å². The van der Waals surface area contributed by atoms with Gasteiger partial charge < -0.3 is 19.0 Å². The fourth-order valence-electron chi connectivity index (χ4n) is 2.36. The maximum Gasteiger partial charge on any atom is 0.354 e. The first-order valence-corrected chi connectivity index (χ1v) is 8.18. The van der Waals surface area contributed by atoms with E-state index in [-0.39, 0.29) is 12.5 Å². The summed E-state index contributed by atoms with van der Waals surface area (Å²) in [4.78, 5) is 25.3. The first kappa shape index (κ1) is 16.1. The van der Waals surface area contributed by atoms with E-state index in [2.05, 4.69) is 5.32 Å². The van der Waals surface area contributed by atoms with Crippen molar-refractivity contribution in [2.45, 2.75) is 13.1 Å². The summed E-state index contributed by atoms with van der Waals surface area (Å²) >= 11 is 1.58. The molecule has 3 aromatic heterocycles. The fourth-order valence-corrected chi connectivity index (χ4v) is 3.00. The molecule has 124 valence electrons. The maximum absolute atomic E-state index is 12.3. The number of ether oxygens (including phenoxy) is 1. The van der Waals surface area contributed by atoms with Crippen molar-refractivity contribution in [1.29, 1.82) is 0 Å². The molecule has 3 heterocycles. The van der Waals surface area contributed by atoms with Gasteiger partial charge in [0.2, 0.25) is 5.91 Å². The van der Waals surface area contributed by atoms with Crippen molar-refractivity contribution in [3.63, 3.8) is 0 Å². The molecule has 3 aromatic rings. The molecule has 0 radical (unpaired) electrons. The van der Waals surface area contributed by atoms with Gasteiger partial charge in [-0.2, -0.15) is 0 Å². The molecule has 0 unspecified atom stereocenters. The van der Waals surface area contributed by atoms with Crippen molar-refractivity contribution in [3.8, 4) is 11.5 Å². The summed E-state index contributed by atoms with van der Waals surface area (Å²) in [5, 5.41) is 4.80. The Kier molecular flexibility index (Phi) is 4.81. The van der Waals surface area contributed by atoms with Gasteiger partial charge >= 0.3 is 5.97 Å². The monoisotopic (exact) mass is 344 g/mol. The molecule has 0 aromatic carbocycles. The Morgan fingerprint density at radius 2 is 2.12 bits per heavy atom. The van der Waals surface area contributed by atoms with Crippen LogP contribution in [0.4, 0.5) is 0 Å². The molecule has 0 aliphatic heterocycles. The summed E-state index contributed by atoms with van der Waals surface area (Å²) in [5.74, 6) is -0.118. The van der Waals surface area contributed by atoms with Crippen LogP contribution in [0, 0.1) is 0 Å². The molecule has 0 spiro atoms. The van der Waals surface area contributed by atoms with Crippen molar-refractivity contribution < 1.29 is 18.7 Å². The van der Waals surface area contributed by atoms with Gasteiger partial charge in [-0.3, -0.25) is 4.79 Å². The zero-order valence-electron chi connectivity index (χ0n) is 13.0. The van der Waals surface area contributed by atoms with E-state index < -0.39 is 5.97 Å². The van der Waals surface area contributed by atoms with Crippen LogP contribution >= 0.6 is 11.3 Å². The third-order valence-corrected chi connectivity index (χ3v) is 4.37. The minimum absolute atomic E-state index is 0.00115. The molecule has 0 atom stereocenters. The number of rotatable bonds is 6. The van der Waals surface area contributed by atoms with Crippen LogP contribution in [0.1, 0.15) is 15.4 Å². The van der Waals surface area contributed by atoms with Gasteiger partial charge in [-0.15, -0.1) is 11.3 Å². The second-order valence-corrected chi connectivity index (χ2v) is 6.05. The maximum atomic E-state index is 12.3. The minimum Gasteiger partial charge on any atom is -0.464 e. The lowest BCUT2D eigenvalue weighted by molar-refractivity contribution is -0.121. The number of thiophene rings is 1. The number of hydrogen-bond acceptors (Lipinski definition) is 5. The highest BCUT2D eigenvalue weighted by molar-refractivity contribution is 7.09. The molecule has 0 fully saturated rings. The number of esters is 1. The Labute approximate surface area is 142 Å². The van der Waals surface area contributed by atoms with Gasteiger partial charge in [0.05, 0.1) is 25.6 Å². The second-order valence-electron chi connectivity index (χ2n) is 5.01. The Morgan fingerprint density at radius 1 is 1.25 bits per heavy atom. The SMILES string of the molecule is COC(=O)c1ccc(-c2ccco2)n1CC(=O)NCc1cccs1. The standard InChI is InChI=1S/C17H16N2O4S/c1-22-17(21)14-7-6-13(15-5-2-8-23-15)19(14)11-16(20)18-10-12-4-3-9-24-12/h2-9H,10-11H2,1H3,(H,18,20). The molecule has 0 saturated heterocycles. The summed E-state index contributed by atoms with van der Waals surface area (Å²) in [7, 11) is 1.31. The van der Waals surface area contributed by atoms with Crippen LogP contribution in [0.5, 0.6) is 0 Å². The van der Waals surface area contributed by atoms with Crippen LogP contribution in [0.15, 0.2) is 52.5 Å². The largest absolute Gasteiger partial charge is 0.464 e. The molecule has 1 amide bonds. The molecule has 6 nitrogen and oxygen atoms in total. The van der Waals surface area contributed by atoms with E-state index in [1.165, 1.54) is 7.11 Å². The fraction of sp³-hybridized carbons (Fsp3) is 0.176. The van der Waals surface area contributed by atoms with E-state index in [1.807, 2.05) is 17.5 Å². The van der Waals surface area contributed by atoms with Crippen molar-refractivity contribution in [1.82, 2.24) is 9.88 Å². The molecule has 24 heavy (non-hydrogen) atoms. The smallest absolute Gasteiger partial charge is 0.354 e. The highest BCUT2D eigenvalue weighted by Crippen LogP contribution is 2.23. The van der Waals surface area contributed by atoms with Gasteiger partial charge in [0.25, 0.3) is 0 Å². The Hall–Kier alpha value is -2.80. The molecule has 0 saturated carbocycles. The third kappa shape index (κ3) is 3.41. The van der Waals surface area contributed by atoms with Crippen molar-refractivity contribution in [3.05, 3.63) is 58.6 Å². The average molecular weight is 344 g/mol. The Morgan fingerprint density at radius 3 is 2.79 bits per heavy atom. The predicted molar refractivity (Wildman–Crippen MR) is 89.6 cm³/mol. The van der Waals surface area contributed by atoms with Gasteiger partial charge in [-0.05, 0) is 35.7 Å². The zero-order chi connectivity index (χ0) is 16.9. The topological polar surface area (TPSA) is 73.5 Å². The molecular weight excluding hydrogens is 328 g/mol. The van der Waals surface area contributed by atoms with Crippen molar-refractivity contribution in [2.75, 3.05) is 7.11 Å². The van der Waals surface area contributed by atoms with E-state index in [0.29, 0.717) is 23.7 Å². The van der Waals surface area contributed by atoms with E-state index in [1.54, 1.807) is 46.4 Å². The van der Waals surface area contributed by atoms with Crippen LogP contribution in [0.2, 0.25) is 0 Å². The van der Waals surface area contributed by atoms with Crippen LogP contribution in [-0.2, 0) is 22.6 Å². The number of furan rings is 1. The predicted octanol–water partition coefficient (Wildman–Crippen LogP) is 2.91. The van der Waals surface area contributed by atoms with E-state index in [9.17, 15) is 9.59 Å². The summed E-state index contributed by atoms with van der Waals surface area (Å²) in [6, 6.07) is 10.8. The first-order chi connectivity index (χ1) is 11.7. The van der Waals surface area contributed by atoms with Gasteiger partial charge in [-0.25, -0.2) is 4.79 Å². The van der Waals surface area contributed by atoms with Crippen LogP contribution < -0.4 is 5.32 Å². The highest BCUT2D eigenvalue weighted by atomic mass is 32.1. The summed E-state index contributed by atoms with van der Waals surface area (Å²) in [6.07, 6.45) is 1.54. The number of carbonyl (C=O) groups is 2. The Balaban J connectivity index is 1.80. The lowest BCUT2D eigenvalue weighted by Crippen LogP contribution is -2.28. The minimum atomic E-state index is -0.501. The van der Waals surface area contributed by atoms with Crippen LogP contribution in [-0.4, -0.2) is 23.6 Å². The number of amides is 1. The first-order valence-electron chi connectivity index (χ1n) is 7.30. The van der Waals surface area contributed by atoms with Crippen molar-refractivity contribution >= 4 is 23.2 Å². The summed E-state index contributed by atoms with van der Waals surface area (Å²) in [5.41, 5.74) is 0.946. The third-order valence-electron chi connectivity index (χ3n) is 3.49. The highest BCUT2D eigenvalue weighted by Gasteiger charge is 2.19. The normalized spacial score (nSPS) is 10.5. The van der Waals surface area contributed by atoms with Gasteiger partial charge in [0.15, 0.2) is 0 Å². The Bertz CT molecular complexity index is 819. The number of nitrogens with one attached hydrogen (secondary N) is 1. The number of aromatic nitrogens is 1. The zero-order valence-corrected chi connectivity index (χ0v) is 13.8. The van der Waals surface area contributed by atoms with E-state index in [4.69, 9.17) is 9.15 Å². The number of hydrogen-bond donors (Lipinski definition) is 1. The lowest BCUT2D eigenvalue weighted by atomic mass is 10.3.